The van der Waals surface area contributed by atoms with Gasteiger partial charge in [-0.25, -0.2) is 14.0 Å². The van der Waals surface area contributed by atoms with E-state index in [0.29, 0.717) is 0 Å². The Kier molecular flexibility index (Phi) is 5.08. The number of benzene rings is 1. The summed E-state index contributed by atoms with van der Waals surface area (Å²) in [5.74, 6) is -2.03. The van der Waals surface area contributed by atoms with Crippen molar-refractivity contribution in [2.75, 3.05) is 11.9 Å². The highest BCUT2D eigenvalue weighted by atomic mass is 127. The molecule has 18 heavy (non-hydrogen) atoms. The van der Waals surface area contributed by atoms with E-state index in [1.807, 2.05) is 0 Å². The zero-order chi connectivity index (χ0) is 13.7. The van der Waals surface area contributed by atoms with Gasteiger partial charge >= 0.3 is 12.1 Å². The molecule has 2 N–H and O–H groups in total. The van der Waals surface area contributed by atoms with Crippen molar-refractivity contribution in [3.8, 4) is 0 Å². The van der Waals surface area contributed by atoms with Gasteiger partial charge in [-0.3, -0.25) is 5.32 Å². The largest absolute Gasteiger partial charge is 0.478 e. The Balaban J connectivity index is 3.03. The second-order valence-electron chi connectivity index (χ2n) is 3.13. The lowest BCUT2D eigenvalue weighted by atomic mass is 10.2. The first kappa shape index (κ1) is 14.4. The van der Waals surface area contributed by atoms with Crippen LogP contribution in [0, 0.1) is 9.39 Å². The van der Waals surface area contributed by atoms with Gasteiger partial charge in [-0.1, -0.05) is 12.7 Å². The van der Waals surface area contributed by atoms with E-state index in [-0.39, 0.29) is 21.4 Å². The van der Waals surface area contributed by atoms with Gasteiger partial charge in [-0.15, -0.1) is 0 Å². The minimum absolute atomic E-state index is 0.00133. The third kappa shape index (κ3) is 3.69. The molecule has 0 aliphatic heterocycles. The zero-order valence-electron chi connectivity index (χ0n) is 9.07. The van der Waals surface area contributed by atoms with Gasteiger partial charge in [0, 0.05) is 3.57 Å². The molecule has 0 aromatic heterocycles. The van der Waals surface area contributed by atoms with Gasteiger partial charge < -0.3 is 9.84 Å². The first-order chi connectivity index (χ1) is 8.45. The Morgan fingerprint density at radius 1 is 1.56 bits per heavy atom. The van der Waals surface area contributed by atoms with Crippen LogP contribution in [0.4, 0.5) is 14.9 Å². The fourth-order valence-corrected chi connectivity index (χ4v) is 1.86. The fraction of sp³-hybridized carbons (Fsp3) is 0.0909. The van der Waals surface area contributed by atoms with E-state index in [2.05, 4.69) is 16.6 Å². The van der Waals surface area contributed by atoms with Gasteiger partial charge in [0.1, 0.15) is 12.4 Å². The Morgan fingerprint density at radius 3 is 2.78 bits per heavy atom. The molecule has 1 rings (SSSR count). The number of hydrogen-bond donors (Lipinski definition) is 2. The normalized spacial score (nSPS) is 9.67. The summed E-state index contributed by atoms with van der Waals surface area (Å²) in [6.07, 6.45) is 0.537. The number of amides is 1. The lowest BCUT2D eigenvalue weighted by Crippen LogP contribution is -2.17. The highest BCUT2D eigenvalue weighted by Crippen LogP contribution is 2.25. The highest BCUT2D eigenvalue weighted by Gasteiger charge is 2.17. The first-order valence-corrected chi connectivity index (χ1v) is 5.80. The number of hydrogen-bond acceptors (Lipinski definition) is 3. The minimum Gasteiger partial charge on any atom is -0.478 e. The molecule has 0 spiro atoms. The highest BCUT2D eigenvalue weighted by molar-refractivity contribution is 14.1. The van der Waals surface area contributed by atoms with Gasteiger partial charge in [-0.2, -0.15) is 0 Å². The van der Waals surface area contributed by atoms with Gasteiger partial charge in [0.2, 0.25) is 0 Å². The Labute approximate surface area is 116 Å². The number of nitrogens with one attached hydrogen (secondary N) is 1. The second-order valence-corrected chi connectivity index (χ2v) is 4.29. The molecule has 0 atom stereocenters. The number of anilines is 1. The zero-order valence-corrected chi connectivity index (χ0v) is 11.2. The standard InChI is InChI=1S/C11H9FINO4/c1-2-3-18-11(17)14-9-7(10(15)16)4-6(12)5-8(9)13/h2,4-5H,1,3H2,(H,14,17)(H,15,16). The summed E-state index contributed by atoms with van der Waals surface area (Å²) in [5.41, 5.74) is -0.339. The van der Waals surface area contributed by atoms with Crippen LogP contribution in [-0.2, 0) is 4.74 Å². The van der Waals surface area contributed by atoms with Crippen LogP contribution in [0.2, 0.25) is 0 Å². The van der Waals surface area contributed by atoms with Crippen molar-refractivity contribution in [3.63, 3.8) is 0 Å². The van der Waals surface area contributed by atoms with E-state index < -0.39 is 17.9 Å². The molecule has 1 amide bonds. The van der Waals surface area contributed by atoms with Crippen molar-refractivity contribution >= 4 is 40.3 Å². The minimum atomic E-state index is -1.34. The van der Waals surface area contributed by atoms with Gasteiger partial charge in [-0.05, 0) is 34.7 Å². The molecule has 0 bridgehead atoms. The van der Waals surface area contributed by atoms with Gasteiger partial charge in [0.25, 0.3) is 0 Å². The van der Waals surface area contributed by atoms with E-state index in [0.717, 1.165) is 12.1 Å². The molecule has 0 aliphatic carbocycles. The lowest BCUT2D eigenvalue weighted by Gasteiger charge is -2.10. The number of carbonyl (C=O) groups is 2. The summed E-state index contributed by atoms with van der Waals surface area (Å²) in [6, 6.07) is 1.93. The fourth-order valence-electron chi connectivity index (χ4n) is 1.14. The molecule has 7 heteroatoms. The number of carbonyl (C=O) groups excluding carboxylic acids is 1. The van der Waals surface area contributed by atoms with Crippen LogP contribution < -0.4 is 5.32 Å². The molecular formula is C11H9FINO4. The molecule has 0 saturated heterocycles. The van der Waals surface area contributed by atoms with Crippen molar-refractivity contribution in [3.05, 3.63) is 39.7 Å². The molecular weight excluding hydrogens is 356 g/mol. The molecule has 0 fully saturated rings. The quantitative estimate of drug-likeness (QED) is 0.636. The van der Waals surface area contributed by atoms with E-state index >= 15 is 0 Å². The summed E-state index contributed by atoms with van der Waals surface area (Å²) in [7, 11) is 0. The molecule has 5 nitrogen and oxygen atoms in total. The predicted octanol–water partition coefficient (Wildman–Crippen LogP) is 2.86. The van der Waals surface area contributed by atoms with Crippen molar-refractivity contribution in [1.29, 1.82) is 0 Å². The van der Waals surface area contributed by atoms with Crippen molar-refractivity contribution < 1.29 is 23.8 Å². The maximum Gasteiger partial charge on any atom is 0.411 e. The summed E-state index contributed by atoms with van der Waals surface area (Å²) in [6.45, 7) is 3.36. The van der Waals surface area contributed by atoms with Crippen LogP contribution in [0.1, 0.15) is 10.4 Å². The molecule has 96 valence electrons. The molecule has 1 aromatic rings. The van der Waals surface area contributed by atoms with E-state index in [1.165, 1.54) is 6.08 Å². The molecule has 0 radical (unpaired) electrons. The summed E-state index contributed by atoms with van der Waals surface area (Å²) < 4.78 is 18.0. The van der Waals surface area contributed by atoms with Crippen LogP contribution in [-0.4, -0.2) is 23.8 Å². The topological polar surface area (TPSA) is 75.6 Å². The van der Waals surface area contributed by atoms with Gasteiger partial charge in [0.05, 0.1) is 11.3 Å². The van der Waals surface area contributed by atoms with Crippen LogP contribution >= 0.6 is 22.6 Å². The van der Waals surface area contributed by atoms with Gasteiger partial charge in [0.15, 0.2) is 0 Å². The lowest BCUT2D eigenvalue weighted by molar-refractivity contribution is 0.0697. The summed E-state index contributed by atoms with van der Waals surface area (Å²) >= 11 is 1.72. The number of halogens is 2. The molecule has 1 aromatic carbocycles. The number of carboxylic acids is 1. The second kappa shape index (κ2) is 6.34. The van der Waals surface area contributed by atoms with E-state index in [4.69, 9.17) is 5.11 Å². The average Bonchev–Trinajstić information content (AvgIpc) is 2.29. The van der Waals surface area contributed by atoms with Crippen molar-refractivity contribution in [2.24, 2.45) is 0 Å². The third-order valence-electron chi connectivity index (χ3n) is 1.84. The van der Waals surface area contributed by atoms with Crippen molar-refractivity contribution in [1.82, 2.24) is 0 Å². The summed E-state index contributed by atoms with van der Waals surface area (Å²) in [5, 5.41) is 11.2. The number of carboxylic acid groups (broad SMARTS) is 1. The van der Waals surface area contributed by atoms with Crippen LogP contribution in [0.5, 0.6) is 0 Å². The maximum atomic E-state index is 13.1. The molecule has 0 aliphatic rings. The van der Waals surface area contributed by atoms with E-state index in [1.54, 1.807) is 22.6 Å². The van der Waals surface area contributed by atoms with Crippen LogP contribution in [0.15, 0.2) is 24.8 Å². The predicted molar refractivity (Wildman–Crippen MR) is 71.2 cm³/mol. The Bertz CT molecular complexity index is 504. The van der Waals surface area contributed by atoms with Crippen molar-refractivity contribution in [2.45, 2.75) is 0 Å². The van der Waals surface area contributed by atoms with E-state index in [9.17, 15) is 14.0 Å². The third-order valence-corrected chi connectivity index (χ3v) is 2.70. The smallest absolute Gasteiger partial charge is 0.411 e. The number of aromatic carboxylic acids is 1. The molecule has 0 heterocycles. The SMILES string of the molecule is C=CCOC(=O)Nc1c(I)cc(F)cc1C(=O)O. The average molecular weight is 365 g/mol. The maximum absolute atomic E-state index is 13.1. The van der Waals surface area contributed by atoms with Crippen LogP contribution in [0.25, 0.3) is 0 Å². The Hall–Kier alpha value is -1.64. The molecule has 0 saturated carbocycles. The first-order valence-electron chi connectivity index (χ1n) is 4.72. The molecule has 0 unspecified atom stereocenters. The summed E-state index contributed by atoms with van der Waals surface area (Å²) in [4.78, 5) is 22.3. The number of ether oxygens (including phenoxy) is 1. The Morgan fingerprint density at radius 2 is 2.22 bits per heavy atom. The monoisotopic (exact) mass is 365 g/mol. The number of rotatable bonds is 4. The van der Waals surface area contributed by atoms with Crippen LogP contribution in [0.3, 0.4) is 0 Å².